The molecule has 1 unspecified atom stereocenters. The van der Waals surface area contributed by atoms with Crippen LogP contribution in [0.2, 0.25) is 5.82 Å². The van der Waals surface area contributed by atoms with E-state index in [1.54, 1.807) is 0 Å². The topological polar surface area (TPSA) is 31.6 Å². The third-order valence-electron chi connectivity index (χ3n) is 6.47. The maximum atomic E-state index is 6.28. The van der Waals surface area contributed by atoms with Gasteiger partial charge in [0.25, 0.3) is 0 Å². The van der Waals surface area contributed by atoms with Gasteiger partial charge in [-0.05, 0) is 44.9 Å². The molecule has 2 aromatic carbocycles. The predicted molar refractivity (Wildman–Crippen MR) is 114 cm³/mol. The smallest absolute Gasteiger partial charge is 0.460 e. The molecule has 0 spiro atoms. The number of allylic oxidation sites excluding steroid dienone is 1. The Hall–Kier alpha value is -2.30. The van der Waals surface area contributed by atoms with Gasteiger partial charge in [0.15, 0.2) is 0 Å². The Morgan fingerprint density at radius 3 is 2.32 bits per heavy atom. The molecule has 0 bridgehead atoms. The Balaban J connectivity index is 1.53. The molecule has 2 aliphatic rings. The van der Waals surface area contributed by atoms with Gasteiger partial charge in [0.1, 0.15) is 11.3 Å². The second-order valence-electron chi connectivity index (χ2n) is 8.84. The second-order valence-corrected chi connectivity index (χ2v) is 8.84. The molecule has 1 aliphatic heterocycles. The van der Waals surface area contributed by atoms with Crippen molar-refractivity contribution in [2.75, 3.05) is 0 Å². The van der Waals surface area contributed by atoms with Crippen molar-refractivity contribution in [3.05, 3.63) is 65.9 Å². The van der Waals surface area contributed by atoms with Crippen molar-refractivity contribution in [2.45, 2.75) is 51.1 Å². The first kappa shape index (κ1) is 17.8. The zero-order valence-corrected chi connectivity index (χ0v) is 16.9. The highest BCUT2D eigenvalue weighted by Crippen LogP contribution is 2.45. The van der Waals surface area contributed by atoms with E-state index in [4.69, 9.17) is 13.7 Å². The van der Waals surface area contributed by atoms with E-state index in [0.29, 0.717) is 0 Å². The molecule has 1 aromatic heterocycles. The Morgan fingerprint density at radius 1 is 0.893 bits per heavy atom. The molecule has 142 valence electrons. The molecule has 28 heavy (non-hydrogen) atoms. The van der Waals surface area contributed by atoms with Gasteiger partial charge in [-0.25, -0.2) is 0 Å². The average Bonchev–Trinajstić information content (AvgIpc) is 3.15. The van der Waals surface area contributed by atoms with Gasteiger partial charge in [-0.1, -0.05) is 54.6 Å². The molecule has 5 rings (SSSR count). The second kappa shape index (κ2) is 6.10. The van der Waals surface area contributed by atoms with E-state index >= 15 is 0 Å². The summed E-state index contributed by atoms with van der Waals surface area (Å²) >= 11 is 0. The fourth-order valence-corrected chi connectivity index (χ4v) is 4.16. The van der Waals surface area contributed by atoms with Crippen LogP contribution in [0, 0.1) is 0 Å². The van der Waals surface area contributed by atoms with E-state index in [0.717, 1.165) is 17.8 Å². The lowest BCUT2D eigenvalue weighted by molar-refractivity contribution is 0.00578. The Labute approximate surface area is 166 Å². The van der Waals surface area contributed by atoms with E-state index in [1.165, 1.54) is 22.1 Å². The zero-order chi connectivity index (χ0) is 19.5. The molecule has 1 fully saturated rings. The summed E-state index contributed by atoms with van der Waals surface area (Å²) in [6, 6.07) is 16.8. The van der Waals surface area contributed by atoms with Gasteiger partial charge in [-0.3, -0.25) is 0 Å². The van der Waals surface area contributed by atoms with E-state index in [1.807, 2.05) is 6.07 Å². The fourth-order valence-electron chi connectivity index (χ4n) is 4.16. The summed E-state index contributed by atoms with van der Waals surface area (Å²) in [5, 5.41) is 1.19. The van der Waals surface area contributed by atoms with Gasteiger partial charge in [0.2, 0.25) is 0 Å². The largest absolute Gasteiger partial charge is 0.465 e. The summed E-state index contributed by atoms with van der Waals surface area (Å²) < 4.78 is 18.8. The summed E-state index contributed by atoms with van der Waals surface area (Å²) in [6.07, 6.45) is 5.19. The van der Waals surface area contributed by atoms with Crippen molar-refractivity contribution >= 4 is 24.2 Å². The predicted octanol–water partition coefficient (Wildman–Crippen LogP) is 6.13. The van der Waals surface area contributed by atoms with Crippen molar-refractivity contribution in [1.29, 1.82) is 0 Å². The summed E-state index contributed by atoms with van der Waals surface area (Å²) in [6.45, 7) is 8.38. The highest BCUT2D eigenvalue weighted by atomic mass is 16.7. The van der Waals surface area contributed by atoms with Gasteiger partial charge in [-0.2, -0.15) is 0 Å². The minimum atomic E-state index is -0.319. The van der Waals surface area contributed by atoms with Crippen molar-refractivity contribution < 1.29 is 13.7 Å². The van der Waals surface area contributed by atoms with Crippen LogP contribution in [0.25, 0.3) is 28.2 Å². The van der Waals surface area contributed by atoms with E-state index < -0.39 is 0 Å². The number of hydrogen-bond donors (Lipinski definition) is 0. The van der Waals surface area contributed by atoms with Crippen LogP contribution in [-0.4, -0.2) is 18.3 Å². The van der Waals surface area contributed by atoms with Crippen LogP contribution in [-0.2, 0) is 15.7 Å². The van der Waals surface area contributed by atoms with E-state index in [9.17, 15) is 0 Å². The van der Waals surface area contributed by atoms with Crippen LogP contribution >= 0.6 is 0 Å². The lowest BCUT2D eigenvalue weighted by Gasteiger charge is -2.32. The van der Waals surface area contributed by atoms with Gasteiger partial charge < -0.3 is 13.7 Å². The van der Waals surface area contributed by atoms with Crippen molar-refractivity contribution in [1.82, 2.24) is 0 Å². The number of hydrogen-bond acceptors (Lipinski definition) is 3. The summed E-state index contributed by atoms with van der Waals surface area (Å²) in [7, 11) is -0.254. The third kappa shape index (κ3) is 2.67. The standard InChI is InChI=1S/C24H25BO3/c1-23(2)24(3,4)28-25(27-23)17-13-14-19-21(15-17)26-20-12-8-11-18(22(19)20)16-9-6-5-7-10-16/h5-14,17H,15H2,1-4H3. The van der Waals surface area contributed by atoms with Crippen molar-refractivity contribution in [2.24, 2.45) is 0 Å². The molecule has 1 aliphatic carbocycles. The summed E-state index contributed by atoms with van der Waals surface area (Å²) in [5.41, 5.74) is 3.90. The van der Waals surface area contributed by atoms with Crippen LogP contribution in [0.1, 0.15) is 39.0 Å². The normalized spacial score (nSPS) is 22.6. The number of benzene rings is 2. The molecule has 1 saturated heterocycles. The maximum Gasteiger partial charge on any atom is 0.465 e. The van der Waals surface area contributed by atoms with Crippen LogP contribution in [0.5, 0.6) is 0 Å². The quantitative estimate of drug-likeness (QED) is 0.507. The van der Waals surface area contributed by atoms with Gasteiger partial charge in [-0.15, -0.1) is 0 Å². The average molecular weight is 372 g/mol. The van der Waals surface area contributed by atoms with E-state index in [-0.39, 0.29) is 24.1 Å². The van der Waals surface area contributed by atoms with Gasteiger partial charge in [0, 0.05) is 23.2 Å². The molecule has 0 N–H and O–H groups in total. The van der Waals surface area contributed by atoms with E-state index in [2.05, 4.69) is 82.3 Å². The molecule has 0 saturated carbocycles. The number of rotatable bonds is 2. The van der Waals surface area contributed by atoms with Crippen LogP contribution in [0.15, 0.2) is 59.0 Å². The molecule has 2 heterocycles. The first-order valence-electron chi connectivity index (χ1n) is 9.99. The first-order chi connectivity index (χ1) is 13.4. The lowest BCUT2D eigenvalue weighted by atomic mass is 9.67. The Kier molecular flexibility index (Phi) is 3.87. The van der Waals surface area contributed by atoms with Gasteiger partial charge >= 0.3 is 7.12 Å². The van der Waals surface area contributed by atoms with Crippen LogP contribution in [0.3, 0.4) is 0 Å². The minimum Gasteiger partial charge on any atom is -0.460 e. The molecule has 0 radical (unpaired) electrons. The van der Waals surface area contributed by atoms with Crippen molar-refractivity contribution in [3.8, 4) is 11.1 Å². The van der Waals surface area contributed by atoms with Gasteiger partial charge in [0.05, 0.1) is 11.2 Å². The minimum absolute atomic E-state index is 0.147. The first-order valence-corrected chi connectivity index (χ1v) is 9.99. The Bertz CT molecular complexity index is 1050. The summed E-state index contributed by atoms with van der Waals surface area (Å²) in [4.78, 5) is 0. The zero-order valence-electron chi connectivity index (χ0n) is 16.9. The molecule has 1 atom stereocenters. The molecule has 0 amide bonds. The highest BCUT2D eigenvalue weighted by Gasteiger charge is 2.53. The van der Waals surface area contributed by atoms with Crippen LogP contribution < -0.4 is 0 Å². The third-order valence-corrected chi connectivity index (χ3v) is 6.47. The molecule has 3 aromatic rings. The molecular formula is C24H25BO3. The molecule has 3 nitrogen and oxygen atoms in total. The number of furan rings is 1. The SMILES string of the molecule is CC1(C)OB(C2C=Cc3c(oc4cccc(-c5ccccc5)c34)C2)OC1(C)C. The molecule has 4 heteroatoms. The Morgan fingerprint density at radius 2 is 1.61 bits per heavy atom. The van der Waals surface area contributed by atoms with Crippen LogP contribution in [0.4, 0.5) is 0 Å². The maximum absolute atomic E-state index is 6.28. The summed E-state index contributed by atoms with van der Waals surface area (Å²) in [5.74, 6) is 1.16. The number of fused-ring (bicyclic) bond motifs is 3. The van der Waals surface area contributed by atoms with Crippen molar-refractivity contribution in [3.63, 3.8) is 0 Å². The lowest BCUT2D eigenvalue weighted by Crippen LogP contribution is -2.41. The molecular weight excluding hydrogens is 347 g/mol. The highest BCUT2D eigenvalue weighted by molar-refractivity contribution is 6.48. The monoisotopic (exact) mass is 372 g/mol. The fraction of sp³-hybridized carbons (Fsp3) is 0.333.